The minimum absolute atomic E-state index is 0.0441. The first-order chi connectivity index (χ1) is 21.2. The second-order valence-electron chi connectivity index (χ2n) is 11.4. The maximum Gasteiger partial charge on any atom is 0.416 e. The Morgan fingerprint density at radius 3 is 2.41 bits per heavy atom. The first-order valence-corrected chi connectivity index (χ1v) is 14.6. The van der Waals surface area contributed by atoms with E-state index in [0.29, 0.717) is 47.1 Å². The number of hydrogen-bond donors (Lipinski definition) is 1. The van der Waals surface area contributed by atoms with Gasteiger partial charge in [-0.05, 0) is 55.8 Å². The van der Waals surface area contributed by atoms with Gasteiger partial charge in [0.2, 0.25) is 5.91 Å². The molecule has 2 unspecified atom stereocenters. The molecule has 2 atom stereocenters. The Morgan fingerprint density at radius 2 is 1.73 bits per heavy atom. The molecule has 0 saturated carbocycles. The number of carbonyl (C=O) groups is 1. The first kappa shape index (κ1) is 29.8. The first-order valence-electron chi connectivity index (χ1n) is 14.6. The molecule has 11 heteroatoms. The molecule has 4 aromatic rings. The van der Waals surface area contributed by atoms with Crippen molar-refractivity contribution in [1.29, 1.82) is 0 Å². The zero-order valence-electron chi connectivity index (χ0n) is 24.6. The number of alkyl halides is 3. The molecule has 0 aliphatic carbocycles. The van der Waals surface area contributed by atoms with E-state index in [1.807, 2.05) is 24.3 Å². The number of benzene rings is 3. The average Bonchev–Trinajstić information content (AvgIpc) is 3.00. The number of piperazine rings is 1. The molecule has 44 heavy (non-hydrogen) atoms. The Hall–Kier alpha value is -4.22. The molecule has 3 heterocycles. The highest BCUT2D eigenvalue weighted by Gasteiger charge is 2.42. The van der Waals surface area contributed by atoms with Crippen molar-refractivity contribution in [3.63, 3.8) is 0 Å². The molecule has 2 saturated heterocycles. The van der Waals surface area contributed by atoms with Crippen LogP contribution in [-0.2, 0) is 17.4 Å². The molecule has 2 bridgehead atoms. The van der Waals surface area contributed by atoms with Gasteiger partial charge in [0.25, 0.3) is 0 Å². The number of nitrogens with zero attached hydrogens (tertiary/aromatic N) is 4. The summed E-state index contributed by atoms with van der Waals surface area (Å²) < 4.78 is 50.2. The minimum Gasteiger partial charge on any atom is -0.493 e. The summed E-state index contributed by atoms with van der Waals surface area (Å²) in [4.78, 5) is 26.5. The molecule has 0 radical (unpaired) electrons. The molecule has 1 N–H and O–H groups in total. The van der Waals surface area contributed by atoms with E-state index < -0.39 is 11.7 Å². The maximum atomic E-state index is 12.8. The summed E-state index contributed by atoms with van der Waals surface area (Å²) in [5, 5.41) is 3.59. The fraction of sp³-hybridized carbons (Fsp3) is 0.364. The van der Waals surface area contributed by atoms with Gasteiger partial charge < -0.3 is 19.7 Å². The molecule has 2 aliphatic rings. The lowest BCUT2D eigenvalue weighted by Crippen LogP contribution is -2.67. The van der Waals surface area contributed by atoms with Gasteiger partial charge >= 0.3 is 6.18 Å². The topological polar surface area (TPSA) is 79.8 Å². The number of piperidine rings is 1. The van der Waals surface area contributed by atoms with Crippen LogP contribution in [0, 0.1) is 0 Å². The van der Waals surface area contributed by atoms with E-state index in [1.165, 1.54) is 24.9 Å². The number of nitrogens with one attached hydrogen (secondary N) is 1. The molecular weight excluding hydrogens is 571 g/mol. The lowest BCUT2D eigenvalue weighted by Gasteiger charge is -2.56. The van der Waals surface area contributed by atoms with Gasteiger partial charge in [-0.2, -0.15) is 13.2 Å². The number of fused-ring (bicyclic) bond motifs is 3. The van der Waals surface area contributed by atoms with Gasteiger partial charge in [-0.1, -0.05) is 24.3 Å². The summed E-state index contributed by atoms with van der Waals surface area (Å²) in [6.45, 7) is 3.89. The molecule has 6 rings (SSSR count). The molecule has 3 aromatic carbocycles. The van der Waals surface area contributed by atoms with Crippen molar-refractivity contribution in [2.24, 2.45) is 0 Å². The SMILES string of the molecule is COc1cc2c(-c3ccc(NC(=O)Cc4ccc(C(F)(F)F)cc4)cc3)ncnc2cc1OCCCN1C2CC1CN(C)C2. The lowest BCUT2D eigenvalue weighted by atomic mass is 9.87. The molecule has 1 amide bonds. The smallest absolute Gasteiger partial charge is 0.416 e. The number of amides is 1. The Labute approximate surface area is 253 Å². The molecule has 2 aliphatic heterocycles. The molecular formula is C33H34F3N5O3. The zero-order chi connectivity index (χ0) is 30.8. The van der Waals surface area contributed by atoms with Crippen molar-refractivity contribution < 1.29 is 27.4 Å². The van der Waals surface area contributed by atoms with Crippen LogP contribution in [0.3, 0.4) is 0 Å². The third-order valence-electron chi connectivity index (χ3n) is 8.35. The number of methoxy groups -OCH3 is 1. The Morgan fingerprint density at radius 1 is 1.00 bits per heavy atom. The van der Waals surface area contributed by atoms with E-state index in [1.54, 1.807) is 19.2 Å². The molecule has 1 aromatic heterocycles. The normalized spacial score (nSPS) is 18.6. The molecule has 8 nitrogen and oxygen atoms in total. The fourth-order valence-corrected chi connectivity index (χ4v) is 6.17. The highest BCUT2D eigenvalue weighted by molar-refractivity contribution is 5.95. The number of aromatic nitrogens is 2. The Kier molecular flexibility index (Phi) is 8.42. The second kappa shape index (κ2) is 12.4. The van der Waals surface area contributed by atoms with Gasteiger partial charge in [0.05, 0.1) is 36.9 Å². The van der Waals surface area contributed by atoms with Gasteiger partial charge in [-0.15, -0.1) is 0 Å². The Bertz CT molecular complexity index is 1620. The van der Waals surface area contributed by atoms with Crippen LogP contribution in [0.1, 0.15) is 24.0 Å². The van der Waals surface area contributed by atoms with Crippen LogP contribution in [0.4, 0.5) is 18.9 Å². The number of carbonyl (C=O) groups excluding carboxylic acids is 1. The van der Waals surface area contributed by atoms with Crippen molar-refractivity contribution in [2.45, 2.75) is 37.5 Å². The van der Waals surface area contributed by atoms with Crippen molar-refractivity contribution >= 4 is 22.5 Å². The number of hydrogen-bond acceptors (Lipinski definition) is 7. The predicted octanol–water partition coefficient (Wildman–Crippen LogP) is 5.66. The van der Waals surface area contributed by atoms with Crippen LogP contribution in [0.25, 0.3) is 22.2 Å². The van der Waals surface area contributed by atoms with Crippen molar-refractivity contribution in [3.8, 4) is 22.8 Å². The van der Waals surface area contributed by atoms with Crippen molar-refractivity contribution in [2.75, 3.05) is 45.7 Å². The number of likely N-dealkylation sites (tertiary alicyclic amines) is 2. The van der Waals surface area contributed by atoms with Gasteiger partial charge in [0.15, 0.2) is 11.5 Å². The number of rotatable bonds is 10. The largest absolute Gasteiger partial charge is 0.493 e. The summed E-state index contributed by atoms with van der Waals surface area (Å²) in [6.07, 6.45) is -0.719. The summed E-state index contributed by atoms with van der Waals surface area (Å²) in [7, 11) is 3.80. The second-order valence-corrected chi connectivity index (χ2v) is 11.4. The summed E-state index contributed by atoms with van der Waals surface area (Å²) in [5.74, 6) is 0.907. The summed E-state index contributed by atoms with van der Waals surface area (Å²) in [6, 6.07) is 16.9. The quantitative estimate of drug-likeness (QED) is 0.234. The van der Waals surface area contributed by atoms with E-state index in [-0.39, 0.29) is 12.3 Å². The van der Waals surface area contributed by atoms with E-state index >= 15 is 0 Å². The minimum atomic E-state index is -4.41. The third-order valence-corrected chi connectivity index (χ3v) is 8.35. The van der Waals surface area contributed by atoms with E-state index in [9.17, 15) is 18.0 Å². The molecule has 0 spiro atoms. The summed E-state index contributed by atoms with van der Waals surface area (Å²) >= 11 is 0. The van der Waals surface area contributed by atoms with E-state index in [0.717, 1.165) is 54.7 Å². The molecule has 2 fully saturated rings. The predicted molar refractivity (Wildman–Crippen MR) is 162 cm³/mol. The summed E-state index contributed by atoms with van der Waals surface area (Å²) in [5.41, 5.74) is 2.55. The van der Waals surface area contributed by atoms with Crippen LogP contribution in [0.2, 0.25) is 0 Å². The van der Waals surface area contributed by atoms with Gasteiger partial charge in [-0.25, -0.2) is 9.97 Å². The van der Waals surface area contributed by atoms with Crippen molar-refractivity contribution in [1.82, 2.24) is 19.8 Å². The number of likely N-dealkylation sites (N-methyl/N-ethyl adjacent to an activating group) is 1. The number of halogens is 3. The fourth-order valence-electron chi connectivity index (χ4n) is 6.17. The maximum absolute atomic E-state index is 12.8. The Balaban J connectivity index is 1.09. The van der Waals surface area contributed by atoms with Crippen LogP contribution < -0.4 is 14.8 Å². The monoisotopic (exact) mass is 605 g/mol. The van der Waals surface area contributed by atoms with Crippen LogP contribution in [-0.4, -0.2) is 78.2 Å². The van der Waals surface area contributed by atoms with Crippen molar-refractivity contribution in [3.05, 3.63) is 78.1 Å². The van der Waals surface area contributed by atoms with Crippen LogP contribution >= 0.6 is 0 Å². The molecule has 230 valence electrons. The number of anilines is 1. The third kappa shape index (κ3) is 6.48. The average molecular weight is 606 g/mol. The van der Waals surface area contributed by atoms with E-state index in [2.05, 4.69) is 32.1 Å². The van der Waals surface area contributed by atoms with Gasteiger partial charge in [-0.3, -0.25) is 9.69 Å². The highest BCUT2D eigenvalue weighted by Crippen LogP contribution is 2.36. The van der Waals surface area contributed by atoms with Crippen LogP contribution in [0.5, 0.6) is 11.5 Å². The zero-order valence-corrected chi connectivity index (χ0v) is 24.6. The van der Waals surface area contributed by atoms with Gasteiger partial charge in [0, 0.05) is 54.4 Å². The standard InChI is InChI=1S/C33H34F3N5O3/c1-40-18-25-15-26(19-40)41(25)12-3-13-44-30-17-28-27(16-29(30)43-2)32(38-20-37-28)22-6-10-24(11-7-22)39-31(42)14-21-4-8-23(9-5-21)33(34,35)36/h4-11,16-17,20,25-26H,3,12-15,18-19H2,1-2H3,(H,39,42). The van der Waals surface area contributed by atoms with Gasteiger partial charge in [0.1, 0.15) is 6.33 Å². The van der Waals surface area contributed by atoms with Crippen LogP contribution in [0.15, 0.2) is 67.0 Å². The van der Waals surface area contributed by atoms with E-state index in [4.69, 9.17) is 9.47 Å². The lowest BCUT2D eigenvalue weighted by molar-refractivity contribution is -0.137. The highest BCUT2D eigenvalue weighted by atomic mass is 19.4. The number of ether oxygens (including phenoxy) is 2.